The fraction of sp³-hybridized carbons (Fsp3) is 0.579. The largest absolute Gasteiger partial charge is 0.479 e. The van der Waals surface area contributed by atoms with Gasteiger partial charge in [0.05, 0.1) is 6.10 Å². The highest BCUT2D eigenvalue weighted by Crippen LogP contribution is 2.60. The summed E-state index contributed by atoms with van der Waals surface area (Å²) in [7, 11) is 0. The molecule has 6 atom stereocenters. The molecule has 0 aliphatic carbocycles. The first-order valence-electron chi connectivity index (χ1n) is 8.44. The van der Waals surface area contributed by atoms with E-state index in [2.05, 4.69) is 6.58 Å². The fourth-order valence-electron chi connectivity index (χ4n) is 4.64. The molecule has 4 aliphatic rings. The van der Waals surface area contributed by atoms with Gasteiger partial charge in [0, 0.05) is 18.4 Å². The van der Waals surface area contributed by atoms with Gasteiger partial charge in [-0.1, -0.05) is 6.58 Å². The molecule has 0 aromatic carbocycles. The lowest BCUT2D eigenvalue weighted by molar-refractivity contribution is -0.219. The number of rotatable bonds is 1. The van der Waals surface area contributed by atoms with Gasteiger partial charge in [-0.05, 0) is 44.9 Å². The van der Waals surface area contributed by atoms with E-state index < -0.39 is 40.9 Å². The Labute approximate surface area is 146 Å². The summed E-state index contributed by atoms with van der Waals surface area (Å²) in [6, 6.07) is 0. The first kappa shape index (κ1) is 16.5. The molecule has 25 heavy (non-hydrogen) atoms. The van der Waals surface area contributed by atoms with Crippen molar-refractivity contribution in [3.8, 4) is 0 Å². The SMILES string of the molecule is C=C(C)[C@@]1(O)O[C@H]2C[C@@]3(C)OC(=CC3=O)C(C)=C[C@H]3OC(=O)[C@@]1(C)[C@H]23. The van der Waals surface area contributed by atoms with Gasteiger partial charge in [-0.25, -0.2) is 0 Å². The quantitative estimate of drug-likeness (QED) is 0.576. The summed E-state index contributed by atoms with van der Waals surface area (Å²) in [5.74, 6) is -2.45. The van der Waals surface area contributed by atoms with Crippen LogP contribution in [0.1, 0.15) is 34.1 Å². The third kappa shape index (κ3) is 1.81. The number of aliphatic hydroxyl groups is 1. The van der Waals surface area contributed by atoms with Crippen molar-refractivity contribution < 1.29 is 28.9 Å². The predicted molar refractivity (Wildman–Crippen MR) is 87.1 cm³/mol. The van der Waals surface area contributed by atoms with Crippen molar-refractivity contribution in [2.45, 2.75) is 57.7 Å². The van der Waals surface area contributed by atoms with Gasteiger partial charge in [0.1, 0.15) is 17.3 Å². The molecule has 0 saturated carbocycles. The number of esters is 1. The Bertz CT molecular complexity index is 779. The molecule has 0 amide bonds. The topological polar surface area (TPSA) is 82.1 Å². The second kappa shape index (κ2) is 4.62. The van der Waals surface area contributed by atoms with Gasteiger partial charge in [0.15, 0.2) is 5.60 Å². The summed E-state index contributed by atoms with van der Waals surface area (Å²) in [5.41, 5.74) is -1.31. The predicted octanol–water partition coefficient (Wildman–Crippen LogP) is 1.79. The van der Waals surface area contributed by atoms with Crippen molar-refractivity contribution in [2.75, 3.05) is 0 Å². The van der Waals surface area contributed by atoms with Crippen LogP contribution in [0.5, 0.6) is 0 Å². The molecule has 4 rings (SSSR count). The van der Waals surface area contributed by atoms with E-state index in [1.165, 1.54) is 6.08 Å². The summed E-state index contributed by atoms with van der Waals surface area (Å²) < 4.78 is 17.5. The number of ketones is 1. The highest BCUT2D eigenvalue weighted by atomic mass is 16.7. The molecule has 4 aliphatic heterocycles. The van der Waals surface area contributed by atoms with Crippen molar-refractivity contribution in [1.82, 2.24) is 0 Å². The molecule has 6 heteroatoms. The molecule has 0 radical (unpaired) electrons. The lowest BCUT2D eigenvalue weighted by Crippen LogP contribution is -2.49. The Balaban J connectivity index is 1.90. The third-order valence-corrected chi connectivity index (χ3v) is 6.20. The van der Waals surface area contributed by atoms with Gasteiger partial charge < -0.3 is 19.3 Å². The van der Waals surface area contributed by atoms with Crippen LogP contribution in [0.25, 0.3) is 0 Å². The summed E-state index contributed by atoms with van der Waals surface area (Å²) in [6.45, 7) is 10.6. The highest BCUT2D eigenvalue weighted by Gasteiger charge is 2.74. The number of carbonyl (C=O) groups excluding carboxylic acids is 2. The van der Waals surface area contributed by atoms with E-state index in [9.17, 15) is 14.7 Å². The maximum atomic E-state index is 12.7. The number of hydrogen-bond donors (Lipinski definition) is 1. The zero-order valence-corrected chi connectivity index (χ0v) is 14.8. The molecule has 0 unspecified atom stereocenters. The molecule has 2 bridgehead atoms. The van der Waals surface area contributed by atoms with Crippen molar-refractivity contribution in [3.63, 3.8) is 0 Å². The Morgan fingerprint density at radius 2 is 2.04 bits per heavy atom. The Hall–Kier alpha value is -1.92. The normalized spacial score (nSPS) is 47.8. The molecule has 0 aromatic rings. The monoisotopic (exact) mass is 346 g/mol. The van der Waals surface area contributed by atoms with Crippen LogP contribution in [0.2, 0.25) is 0 Å². The first-order valence-corrected chi connectivity index (χ1v) is 8.44. The molecule has 1 N–H and O–H groups in total. The average Bonchev–Trinajstić information content (AvgIpc) is 3.03. The van der Waals surface area contributed by atoms with Crippen LogP contribution in [0.3, 0.4) is 0 Å². The summed E-state index contributed by atoms with van der Waals surface area (Å²) in [6.07, 6.45) is 2.33. The maximum absolute atomic E-state index is 12.7. The minimum absolute atomic E-state index is 0.144. The Morgan fingerprint density at radius 3 is 2.68 bits per heavy atom. The molecular weight excluding hydrogens is 324 g/mol. The molecule has 134 valence electrons. The highest BCUT2D eigenvalue weighted by molar-refractivity contribution is 6.00. The molecule has 2 saturated heterocycles. The van der Waals surface area contributed by atoms with E-state index in [-0.39, 0.29) is 12.2 Å². The lowest BCUT2D eigenvalue weighted by atomic mass is 9.67. The van der Waals surface area contributed by atoms with Gasteiger partial charge in [0.25, 0.3) is 0 Å². The van der Waals surface area contributed by atoms with Crippen LogP contribution in [-0.4, -0.2) is 40.5 Å². The molecule has 4 heterocycles. The van der Waals surface area contributed by atoms with E-state index in [1.807, 2.05) is 6.92 Å². The average molecular weight is 346 g/mol. The van der Waals surface area contributed by atoms with Crippen molar-refractivity contribution in [2.24, 2.45) is 11.3 Å². The van der Waals surface area contributed by atoms with E-state index in [4.69, 9.17) is 14.2 Å². The van der Waals surface area contributed by atoms with Gasteiger partial charge >= 0.3 is 5.97 Å². The zero-order valence-electron chi connectivity index (χ0n) is 14.8. The van der Waals surface area contributed by atoms with Crippen molar-refractivity contribution >= 4 is 11.8 Å². The summed E-state index contributed by atoms with van der Waals surface area (Å²) in [4.78, 5) is 25.2. The zero-order chi connectivity index (χ0) is 18.4. The minimum Gasteiger partial charge on any atom is -0.479 e. The summed E-state index contributed by atoms with van der Waals surface area (Å²) >= 11 is 0. The van der Waals surface area contributed by atoms with E-state index >= 15 is 0 Å². The maximum Gasteiger partial charge on any atom is 0.318 e. The second-order valence-corrected chi connectivity index (χ2v) is 7.94. The van der Waals surface area contributed by atoms with E-state index in [0.29, 0.717) is 11.3 Å². The van der Waals surface area contributed by atoms with Gasteiger partial charge in [-0.2, -0.15) is 0 Å². The summed E-state index contributed by atoms with van der Waals surface area (Å²) in [5, 5.41) is 11.2. The minimum atomic E-state index is -1.84. The Morgan fingerprint density at radius 1 is 1.36 bits per heavy atom. The van der Waals surface area contributed by atoms with Crippen LogP contribution >= 0.6 is 0 Å². The van der Waals surface area contributed by atoms with E-state index in [1.54, 1.807) is 26.8 Å². The number of hydrogen-bond acceptors (Lipinski definition) is 6. The Kier molecular flexibility index (Phi) is 3.06. The van der Waals surface area contributed by atoms with Gasteiger partial charge in [-0.15, -0.1) is 0 Å². The second-order valence-electron chi connectivity index (χ2n) is 7.94. The van der Waals surface area contributed by atoms with E-state index in [0.717, 1.165) is 5.57 Å². The third-order valence-electron chi connectivity index (χ3n) is 6.20. The molecule has 2 fully saturated rings. The van der Waals surface area contributed by atoms with Crippen LogP contribution in [0, 0.1) is 11.3 Å². The smallest absolute Gasteiger partial charge is 0.318 e. The van der Waals surface area contributed by atoms with Crippen LogP contribution in [0.4, 0.5) is 0 Å². The van der Waals surface area contributed by atoms with Crippen LogP contribution in [0.15, 0.2) is 35.6 Å². The van der Waals surface area contributed by atoms with Gasteiger partial charge in [-0.3, -0.25) is 9.59 Å². The molecule has 0 aromatic heterocycles. The van der Waals surface area contributed by atoms with Crippen LogP contribution < -0.4 is 0 Å². The molecule has 0 spiro atoms. The fourth-order valence-corrected chi connectivity index (χ4v) is 4.64. The number of ether oxygens (including phenoxy) is 3. The van der Waals surface area contributed by atoms with Gasteiger partial charge in [0.2, 0.25) is 11.6 Å². The lowest BCUT2D eigenvalue weighted by Gasteiger charge is -2.34. The number of carbonyl (C=O) groups is 2. The molecule has 6 nitrogen and oxygen atoms in total. The van der Waals surface area contributed by atoms with Crippen LogP contribution in [-0.2, 0) is 23.8 Å². The number of allylic oxidation sites excluding steroid dienone is 1. The first-order chi connectivity index (χ1) is 11.5. The standard InChI is InChI=1S/C19H22O6/c1-9(2)19(22)18(5)15-12(23-16(18)21)6-10(3)11-7-14(20)17(4,24-11)8-13(15)25-19/h6-7,12-13,15,22H,1,8H2,2-5H3/t12-,13+,15+,17-,18-,19-/m1/s1. The van der Waals surface area contributed by atoms with Crippen molar-refractivity contribution in [3.05, 3.63) is 35.6 Å². The number of fused-ring (bicyclic) bond motifs is 2. The molecular formula is C19H22O6. The van der Waals surface area contributed by atoms with Crippen molar-refractivity contribution in [1.29, 1.82) is 0 Å².